The summed E-state index contributed by atoms with van der Waals surface area (Å²) in [7, 11) is 3.12. The summed E-state index contributed by atoms with van der Waals surface area (Å²) in [5, 5.41) is 8.98. The molecule has 0 amide bonds. The number of nitriles is 1. The molecule has 0 saturated carbocycles. The van der Waals surface area contributed by atoms with Gasteiger partial charge in [0, 0.05) is 5.92 Å². The van der Waals surface area contributed by atoms with Crippen molar-refractivity contribution in [2.75, 3.05) is 14.2 Å². The minimum absolute atomic E-state index is 0.313. The predicted molar refractivity (Wildman–Crippen MR) is 81.1 cm³/mol. The molecule has 1 heterocycles. The fourth-order valence-electron chi connectivity index (χ4n) is 2.92. The predicted octanol–water partition coefficient (Wildman–Crippen LogP) is 2.64. The van der Waals surface area contributed by atoms with Crippen molar-refractivity contribution < 1.29 is 9.47 Å². The number of rotatable bonds is 3. The molecule has 0 bridgehead atoms. The molecule has 1 aliphatic rings. The lowest BCUT2D eigenvalue weighted by molar-refractivity contribution is 0.328. The Morgan fingerprint density at radius 2 is 2.00 bits per heavy atom. The highest BCUT2D eigenvalue weighted by atomic mass is 16.5. The highest BCUT2D eigenvalue weighted by Crippen LogP contribution is 2.33. The molecule has 0 radical (unpaired) electrons. The molecule has 1 unspecified atom stereocenters. The van der Waals surface area contributed by atoms with E-state index in [0.29, 0.717) is 17.7 Å². The summed E-state index contributed by atoms with van der Waals surface area (Å²) in [6.45, 7) is 0. The first-order valence-corrected chi connectivity index (χ1v) is 7.22. The topological polar surface area (TPSA) is 68.0 Å². The number of ether oxygens (including phenoxy) is 2. The maximum atomic E-state index is 8.98. The number of fused-ring (bicyclic) bond motifs is 1. The molecule has 22 heavy (non-hydrogen) atoms. The molecule has 0 saturated heterocycles. The summed E-state index contributed by atoms with van der Waals surface area (Å²) in [6, 6.07) is 8.11. The summed E-state index contributed by atoms with van der Waals surface area (Å²) in [6.07, 6.45) is 4.61. The molecular weight excluding hydrogens is 278 g/mol. The van der Waals surface area contributed by atoms with Gasteiger partial charge in [0.15, 0.2) is 0 Å². The second-order valence-corrected chi connectivity index (χ2v) is 5.35. The second kappa shape index (κ2) is 6.02. The van der Waals surface area contributed by atoms with Crippen LogP contribution in [0, 0.1) is 11.3 Å². The van der Waals surface area contributed by atoms with Crippen LogP contribution in [-0.4, -0.2) is 24.2 Å². The molecule has 1 aliphatic carbocycles. The highest BCUT2D eigenvalue weighted by molar-refractivity contribution is 5.41. The summed E-state index contributed by atoms with van der Waals surface area (Å²) in [5.41, 5.74) is 4.20. The van der Waals surface area contributed by atoms with Gasteiger partial charge in [0.25, 0.3) is 11.8 Å². The Labute approximate surface area is 129 Å². The molecule has 5 heteroatoms. The molecule has 0 N–H and O–H groups in total. The molecule has 1 aromatic carbocycles. The monoisotopic (exact) mass is 295 g/mol. The lowest BCUT2D eigenvalue weighted by Gasteiger charge is -2.24. The van der Waals surface area contributed by atoms with Crippen molar-refractivity contribution in [1.29, 1.82) is 5.26 Å². The Morgan fingerprint density at radius 1 is 1.18 bits per heavy atom. The van der Waals surface area contributed by atoms with E-state index in [1.54, 1.807) is 20.4 Å². The van der Waals surface area contributed by atoms with E-state index < -0.39 is 0 Å². The van der Waals surface area contributed by atoms with Gasteiger partial charge in [0.1, 0.15) is 0 Å². The molecule has 0 aliphatic heterocycles. The van der Waals surface area contributed by atoms with E-state index in [4.69, 9.17) is 14.7 Å². The fraction of sp³-hybridized carbons (Fsp3) is 0.353. The minimum atomic E-state index is 0.313. The first-order valence-electron chi connectivity index (χ1n) is 7.22. The Bertz CT molecular complexity index is 737. The summed E-state index contributed by atoms with van der Waals surface area (Å²) >= 11 is 0. The van der Waals surface area contributed by atoms with Crippen LogP contribution in [0.1, 0.15) is 34.7 Å². The number of hydrogen-bond donors (Lipinski definition) is 0. The van der Waals surface area contributed by atoms with Crippen molar-refractivity contribution in [2.24, 2.45) is 0 Å². The van der Waals surface area contributed by atoms with Crippen molar-refractivity contribution >= 4 is 0 Å². The van der Waals surface area contributed by atoms with Crippen LogP contribution in [0.2, 0.25) is 0 Å². The standard InChI is InChI=1S/C17H17N3O2/c1-21-16-17(22-2)20-15(10-19-16)14-6-5-12-7-11(9-18)3-4-13(12)8-14/h3-4,7,10,14H,5-6,8H2,1-2H3. The van der Waals surface area contributed by atoms with E-state index in [-0.39, 0.29) is 0 Å². The normalized spacial score (nSPS) is 16.5. The second-order valence-electron chi connectivity index (χ2n) is 5.35. The van der Waals surface area contributed by atoms with Gasteiger partial charge in [-0.15, -0.1) is 0 Å². The first-order chi connectivity index (χ1) is 10.7. The van der Waals surface area contributed by atoms with Gasteiger partial charge in [-0.2, -0.15) is 5.26 Å². The van der Waals surface area contributed by atoms with Crippen LogP contribution in [0.5, 0.6) is 11.8 Å². The van der Waals surface area contributed by atoms with Crippen molar-refractivity contribution in [3.63, 3.8) is 0 Å². The van der Waals surface area contributed by atoms with Crippen LogP contribution in [0.4, 0.5) is 0 Å². The van der Waals surface area contributed by atoms with Crippen molar-refractivity contribution in [3.05, 3.63) is 46.8 Å². The van der Waals surface area contributed by atoms with Crippen LogP contribution in [0.15, 0.2) is 24.4 Å². The van der Waals surface area contributed by atoms with Crippen molar-refractivity contribution in [1.82, 2.24) is 9.97 Å². The maximum Gasteiger partial charge on any atom is 0.278 e. The van der Waals surface area contributed by atoms with Gasteiger partial charge < -0.3 is 9.47 Å². The fourth-order valence-corrected chi connectivity index (χ4v) is 2.92. The van der Waals surface area contributed by atoms with Gasteiger partial charge >= 0.3 is 0 Å². The Kier molecular flexibility index (Phi) is 3.92. The van der Waals surface area contributed by atoms with Crippen LogP contribution < -0.4 is 9.47 Å². The Hall–Kier alpha value is -2.61. The minimum Gasteiger partial charge on any atom is -0.477 e. The molecule has 0 fully saturated rings. The highest BCUT2D eigenvalue weighted by Gasteiger charge is 2.23. The van der Waals surface area contributed by atoms with Gasteiger partial charge in [0.05, 0.1) is 37.7 Å². The zero-order chi connectivity index (χ0) is 15.5. The van der Waals surface area contributed by atoms with Gasteiger partial charge in [-0.3, -0.25) is 0 Å². The molecule has 3 rings (SSSR count). The van der Waals surface area contributed by atoms with Gasteiger partial charge in [-0.1, -0.05) is 6.07 Å². The van der Waals surface area contributed by atoms with Gasteiger partial charge in [-0.05, 0) is 42.5 Å². The van der Waals surface area contributed by atoms with E-state index >= 15 is 0 Å². The lowest BCUT2D eigenvalue weighted by atomic mass is 9.82. The van der Waals surface area contributed by atoms with Crippen LogP contribution in [0.25, 0.3) is 0 Å². The number of methoxy groups -OCH3 is 2. The third-order valence-corrected chi connectivity index (χ3v) is 4.10. The average Bonchev–Trinajstić information content (AvgIpc) is 2.60. The zero-order valence-electron chi connectivity index (χ0n) is 12.7. The molecule has 5 nitrogen and oxygen atoms in total. The number of nitrogens with zero attached hydrogens (tertiary/aromatic N) is 3. The number of aromatic nitrogens is 2. The summed E-state index contributed by atoms with van der Waals surface area (Å²) in [5.74, 6) is 1.14. The molecular formula is C17H17N3O2. The van der Waals surface area contributed by atoms with Crippen LogP contribution in [-0.2, 0) is 12.8 Å². The van der Waals surface area contributed by atoms with Gasteiger partial charge in [0.2, 0.25) is 0 Å². The van der Waals surface area contributed by atoms with E-state index in [1.165, 1.54) is 11.1 Å². The van der Waals surface area contributed by atoms with E-state index in [9.17, 15) is 0 Å². The molecule has 1 aromatic heterocycles. The first kappa shape index (κ1) is 14.3. The van der Waals surface area contributed by atoms with E-state index in [0.717, 1.165) is 30.5 Å². The van der Waals surface area contributed by atoms with E-state index in [1.807, 2.05) is 18.2 Å². The zero-order valence-corrected chi connectivity index (χ0v) is 12.7. The van der Waals surface area contributed by atoms with Crippen LogP contribution >= 0.6 is 0 Å². The van der Waals surface area contributed by atoms with Crippen molar-refractivity contribution in [2.45, 2.75) is 25.2 Å². The quantitative estimate of drug-likeness (QED) is 0.870. The van der Waals surface area contributed by atoms with Crippen molar-refractivity contribution in [3.8, 4) is 17.8 Å². The van der Waals surface area contributed by atoms with Gasteiger partial charge in [-0.25, -0.2) is 9.97 Å². The molecule has 112 valence electrons. The number of benzene rings is 1. The van der Waals surface area contributed by atoms with E-state index in [2.05, 4.69) is 16.0 Å². The summed E-state index contributed by atoms with van der Waals surface area (Å²) in [4.78, 5) is 8.80. The number of hydrogen-bond acceptors (Lipinski definition) is 5. The Morgan fingerprint density at radius 3 is 2.73 bits per heavy atom. The molecule has 0 spiro atoms. The number of aryl methyl sites for hydroxylation is 1. The average molecular weight is 295 g/mol. The third kappa shape index (κ3) is 2.60. The summed E-state index contributed by atoms with van der Waals surface area (Å²) < 4.78 is 10.4. The third-order valence-electron chi connectivity index (χ3n) is 4.10. The lowest BCUT2D eigenvalue weighted by Crippen LogP contribution is -2.15. The largest absolute Gasteiger partial charge is 0.477 e. The molecule has 2 aromatic rings. The SMILES string of the molecule is COc1ncc(C2CCc3cc(C#N)ccc3C2)nc1OC. The Balaban J connectivity index is 1.87. The van der Waals surface area contributed by atoms with Crippen LogP contribution in [0.3, 0.4) is 0 Å². The molecule has 1 atom stereocenters. The maximum absolute atomic E-state index is 8.98. The smallest absolute Gasteiger partial charge is 0.278 e.